The zero-order chi connectivity index (χ0) is 19.4. The maximum absolute atomic E-state index is 12.6. The quantitative estimate of drug-likeness (QED) is 0.841. The van der Waals surface area contributed by atoms with Crippen LogP contribution in [-0.2, 0) is 9.59 Å². The van der Waals surface area contributed by atoms with Crippen molar-refractivity contribution < 1.29 is 9.59 Å². The Bertz CT molecular complexity index is 924. The van der Waals surface area contributed by atoms with E-state index < -0.39 is 0 Å². The molecule has 6 heteroatoms. The van der Waals surface area contributed by atoms with E-state index in [-0.39, 0.29) is 18.4 Å². The molecule has 0 saturated heterocycles. The topological polar surface area (TPSA) is 76.8 Å². The van der Waals surface area contributed by atoms with Crippen molar-refractivity contribution >= 4 is 23.2 Å². The summed E-state index contributed by atoms with van der Waals surface area (Å²) in [5, 5.41) is 14.5. The van der Waals surface area contributed by atoms with Crippen molar-refractivity contribution in [1.29, 1.82) is 5.26 Å². The number of nitriles is 1. The second-order valence-corrected chi connectivity index (χ2v) is 6.48. The number of hydrogen-bond donors (Lipinski definition) is 0. The van der Waals surface area contributed by atoms with Gasteiger partial charge in [0.05, 0.1) is 17.3 Å². The second-order valence-electron chi connectivity index (χ2n) is 6.48. The molecule has 1 aliphatic heterocycles. The second kappa shape index (κ2) is 7.83. The first kappa shape index (κ1) is 18.3. The zero-order valence-electron chi connectivity index (χ0n) is 15.3. The van der Waals surface area contributed by atoms with Crippen LogP contribution in [0.1, 0.15) is 29.5 Å². The summed E-state index contributed by atoms with van der Waals surface area (Å²) < 4.78 is 0. The fourth-order valence-corrected chi connectivity index (χ4v) is 2.82. The van der Waals surface area contributed by atoms with Crippen LogP contribution in [0.3, 0.4) is 0 Å². The molecule has 0 spiro atoms. The van der Waals surface area contributed by atoms with Gasteiger partial charge in [-0.15, -0.1) is 0 Å². The fourth-order valence-electron chi connectivity index (χ4n) is 2.82. The van der Waals surface area contributed by atoms with Gasteiger partial charge in [-0.1, -0.05) is 29.8 Å². The van der Waals surface area contributed by atoms with Crippen molar-refractivity contribution in [1.82, 2.24) is 5.01 Å². The normalized spacial score (nSPS) is 13.7. The average molecular weight is 360 g/mol. The Balaban J connectivity index is 1.74. The Labute approximate surface area is 158 Å². The number of benzene rings is 2. The lowest BCUT2D eigenvalue weighted by molar-refractivity contribution is -0.135. The van der Waals surface area contributed by atoms with Gasteiger partial charge in [0.2, 0.25) is 11.8 Å². The Morgan fingerprint density at radius 1 is 1.15 bits per heavy atom. The Morgan fingerprint density at radius 2 is 1.81 bits per heavy atom. The minimum Gasteiger partial charge on any atom is -0.314 e. The van der Waals surface area contributed by atoms with Crippen LogP contribution in [0.5, 0.6) is 0 Å². The molecular formula is C21H20N4O2. The van der Waals surface area contributed by atoms with Gasteiger partial charge in [-0.3, -0.25) is 9.59 Å². The Morgan fingerprint density at radius 3 is 2.44 bits per heavy atom. The fraction of sp³-hybridized carbons (Fsp3) is 0.238. The molecule has 0 aromatic heterocycles. The van der Waals surface area contributed by atoms with E-state index in [1.54, 1.807) is 31.3 Å². The molecule has 6 nitrogen and oxygen atoms in total. The first-order chi connectivity index (χ1) is 13.0. The van der Waals surface area contributed by atoms with E-state index in [1.807, 2.05) is 37.3 Å². The summed E-state index contributed by atoms with van der Waals surface area (Å²) in [5.41, 5.74) is 4.11. The van der Waals surface area contributed by atoms with Gasteiger partial charge in [0.1, 0.15) is 6.54 Å². The number of aryl methyl sites for hydroxylation is 1. The molecule has 0 bridgehead atoms. The van der Waals surface area contributed by atoms with Crippen LogP contribution in [0, 0.1) is 18.3 Å². The zero-order valence-corrected chi connectivity index (χ0v) is 15.3. The Kier molecular flexibility index (Phi) is 5.32. The van der Waals surface area contributed by atoms with Crippen molar-refractivity contribution in [3.63, 3.8) is 0 Å². The van der Waals surface area contributed by atoms with Crippen molar-refractivity contribution in [3.8, 4) is 6.07 Å². The molecule has 2 amide bonds. The molecule has 0 radical (unpaired) electrons. The van der Waals surface area contributed by atoms with Gasteiger partial charge in [-0.2, -0.15) is 10.4 Å². The highest BCUT2D eigenvalue weighted by Gasteiger charge is 2.25. The summed E-state index contributed by atoms with van der Waals surface area (Å²) in [7, 11) is 1.64. The van der Waals surface area contributed by atoms with E-state index in [0.717, 1.165) is 16.8 Å². The summed E-state index contributed by atoms with van der Waals surface area (Å²) in [5.74, 6) is -0.408. The van der Waals surface area contributed by atoms with Crippen LogP contribution in [0.2, 0.25) is 0 Å². The van der Waals surface area contributed by atoms with Gasteiger partial charge in [-0.25, -0.2) is 5.01 Å². The van der Waals surface area contributed by atoms with Gasteiger partial charge < -0.3 is 4.90 Å². The number of amides is 2. The molecule has 2 aromatic carbocycles. The Hall–Kier alpha value is -3.46. The lowest BCUT2D eigenvalue weighted by Crippen LogP contribution is -2.41. The number of rotatable bonds is 4. The standard InChI is InChI=1S/C21H20N4O2/c1-15-3-7-17(8-4-15)19-11-12-20(26)25(23-19)14-21(27)24(2)18-9-5-16(13-22)6-10-18/h3-10H,11-12,14H2,1-2H3. The van der Waals surface area contributed by atoms with Gasteiger partial charge in [-0.05, 0) is 36.8 Å². The number of nitrogens with zero attached hydrogens (tertiary/aromatic N) is 4. The first-order valence-electron chi connectivity index (χ1n) is 8.69. The molecule has 2 aromatic rings. The predicted octanol–water partition coefficient (Wildman–Crippen LogP) is 2.86. The van der Waals surface area contributed by atoms with Crippen molar-refractivity contribution in [2.75, 3.05) is 18.5 Å². The van der Waals surface area contributed by atoms with Gasteiger partial charge >= 0.3 is 0 Å². The van der Waals surface area contributed by atoms with E-state index >= 15 is 0 Å². The van der Waals surface area contributed by atoms with E-state index in [2.05, 4.69) is 5.10 Å². The number of carbonyl (C=O) groups excluding carboxylic acids is 2. The maximum atomic E-state index is 12.6. The summed E-state index contributed by atoms with van der Waals surface area (Å²) in [6.45, 7) is 1.89. The smallest absolute Gasteiger partial charge is 0.248 e. The van der Waals surface area contributed by atoms with E-state index in [0.29, 0.717) is 24.1 Å². The average Bonchev–Trinajstić information content (AvgIpc) is 2.69. The third-order valence-corrected chi connectivity index (χ3v) is 4.53. The van der Waals surface area contributed by atoms with Crippen LogP contribution < -0.4 is 4.90 Å². The van der Waals surface area contributed by atoms with E-state index in [9.17, 15) is 9.59 Å². The lowest BCUT2D eigenvalue weighted by Gasteiger charge is -2.25. The van der Waals surface area contributed by atoms with Gasteiger partial charge in [0, 0.05) is 25.6 Å². The molecule has 0 aliphatic carbocycles. The minimum absolute atomic E-state index is 0.120. The van der Waals surface area contributed by atoms with Crippen LogP contribution in [-0.4, -0.2) is 36.1 Å². The summed E-state index contributed by atoms with van der Waals surface area (Å²) in [4.78, 5) is 26.3. The van der Waals surface area contributed by atoms with Gasteiger partial charge in [0.15, 0.2) is 0 Å². The molecule has 27 heavy (non-hydrogen) atoms. The van der Waals surface area contributed by atoms with Gasteiger partial charge in [0.25, 0.3) is 0 Å². The number of anilines is 1. The summed E-state index contributed by atoms with van der Waals surface area (Å²) in [6.07, 6.45) is 0.901. The van der Waals surface area contributed by atoms with Crippen molar-refractivity contribution in [2.24, 2.45) is 5.10 Å². The SMILES string of the molecule is Cc1ccc(C2=NN(CC(=O)N(C)c3ccc(C#N)cc3)C(=O)CC2)cc1. The molecule has 0 atom stereocenters. The largest absolute Gasteiger partial charge is 0.314 e. The third kappa shape index (κ3) is 4.21. The highest BCUT2D eigenvalue weighted by atomic mass is 16.2. The minimum atomic E-state index is -0.248. The first-order valence-corrected chi connectivity index (χ1v) is 8.69. The van der Waals surface area contributed by atoms with E-state index in [1.165, 1.54) is 9.91 Å². The van der Waals surface area contributed by atoms with Crippen LogP contribution in [0.25, 0.3) is 0 Å². The lowest BCUT2D eigenvalue weighted by atomic mass is 10.0. The molecule has 0 fully saturated rings. The molecular weight excluding hydrogens is 340 g/mol. The van der Waals surface area contributed by atoms with Crippen molar-refractivity contribution in [2.45, 2.75) is 19.8 Å². The van der Waals surface area contributed by atoms with Crippen LogP contribution in [0.15, 0.2) is 53.6 Å². The van der Waals surface area contributed by atoms with E-state index in [4.69, 9.17) is 5.26 Å². The molecule has 0 saturated carbocycles. The molecule has 3 rings (SSSR count). The van der Waals surface area contributed by atoms with Crippen LogP contribution >= 0.6 is 0 Å². The number of carbonyl (C=O) groups is 2. The molecule has 1 aliphatic rings. The van der Waals surface area contributed by atoms with Crippen LogP contribution in [0.4, 0.5) is 5.69 Å². The predicted molar refractivity (Wildman–Crippen MR) is 103 cm³/mol. The number of hydrogen-bond acceptors (Lipinski definition) is 4. The number of hydrazone groups is 1. The number of likely N-dealkylation sites (N-methyl/N-ethyl adjacent to an activating group) is 1. The van der Waals surface area contributed by atoms with Crippen molar-refractivity contribution in [3.05, 3.63) is 65.2 Å². The molecule has 0 N–H and O–H groups in total. The highest BCUT2D eigenvalue weighted by molar-refractivity contribution is 6.05. The maximum Gasteiger partial charge on any atom is 0.248 e. The third-order valence-electron chi connectivity index (χ3n) is 4.53. The summed E-state index contributed by atoms with van der Waals surface area (Å²) in [6, 6.07) is 16.7. The monoisotopic (exact) mass is 360 g/mol. The summed E-state index contributed by atoms with van der Waals surface area (Å²) >= 11 is 0. The molecule has 136 valence electrons. The molecule has 1 heterocycles. The molecule has 0 unspecified atom stereocenters. The highest BCUT2D eigenvalue weighted by Crippen LogP contribution is 2.18.